The summed E-state index contributed by atoms with van der Waals surface area (Å²) in [6.45, 7) is 2.20. The average Bonchev–Trinajstić information content (AvgIpc) is 3.30. The fraction of sp³-hybridized carbons (Fsp3) is 0.107. The number of anilines is 1. The summed E-state index contributed by atoms with van der Waals surface area (Å²) in [5.74, 6) is 0.427. The summed E-state index contributed by atoms with van der Waals surface area (Å²) in [4.78, 5) is 32.8. The molecule has 8 nitrogen and oxygen atoms in total. The van der Waals surface area contributed by atoms with Gasteiger partial charge in [-0.25, -0.2) is 4.98 Å². The number of imidazole rings is 1. The number of hydrogen-bond acceptors (Lipinski definition) is 5. The van der Waals surface area contributed by atoms with Crippen molar-refractivity contribution in [3.05, 3.63) is 112 Å². The number of carbonyl (C=O) groups excluding carboxylic acids is 1. The highest BCUT2D eigenvalue weighted by molar-refractivity contribution is 6.04. The number of nitrogens with one attached hydrogen (secondary N) is 2. The fourth-order valence-electron chi connectivity index (χ4n) is 3.91. The molecule has 2 N–H and O–H groups in total. The number of aryl methyl sites for hydroxylation is 1. The number of aromatic nitrogens is 3. The van der Waals surface area contributed by atoms with Crippen LogP contribution in [0.1, 0.15) is 21.6 Å². The molecule has 0 radical (unpaired) electrons. The molecule has 0 aliphatic heterocycles. The van der Waals surface area contributed by atoms with Gasteiger partial charge in [0.2, 0.25) is 0 Å². The third-order valence-electron chi connectivity index (χ3n) is 5.69. The zero-order chi connectivity index (χ0) is 25.1. The molecule has 180 valence electrons. The van der Waals surface area contributed by atoms with Gasteiger partial charge in [0, 0.05) is 29.8 Å². The molecule has 0 spiro atoms. The van der Waals surface area contributed by atoms with Gasteiger partial charge in [0.05, 0.1) is 12.8 Å². The Bertz CT molecular complexity index is 1590. The molecular formula is C28H24N4O4. The molecule has 3 aromatic heterocycles. The number of pyridine rings is 2. The van der Waals surface area contributed by atoms with E-state index >= 15 is 0 Å². The number of aromatic amines is 1. The van der Waals surface area contributed by atoms with Gasteiger partial charge in [0.15, 0.2) is 11.5 Å². The molecule has 5 aromatic rings. The van der Waals surface area contributed by atoms with Crippen LogP contribution in [0.3, 0.4) is 0 Å². The fourth-order valence-corrected chi connectivity index (χ4v) is 3.91. The van der Waals surface area contributed by atoms with Crippen molar-refractivity contribution in [1.82, 2.24) is 14.4 Å². The molecule has 0 atom stereocenters. The number of H-pyrrole nitrogens is 1. The Morgan fingerprint density at radius 1 is 1.03 bits per heavy atom. The van der Waals surface area contributed by atoms with E-state index in [0.29, 0.717) is 22.9 Å². The SMILES string of the molecule is COc1ccc(NC(=O)c2ccc(-c3cccc(C)c3)[nH]c2=O)cc1OCc1cn2ccccc2n1. The Morgan fingerprint density at radius 2 is 1.92 bits per heavy atom. The van der Waals surface area contributed by atoms with E-state index in [1.54, 1.807) is 31.4 Å². The van der Waals surface area contributed by atoms with E-state index in [0.717, 1.165) is 22.5 Å². The van der Waals surface area contributed by atoms with Crippen molar-refractivity contribution in [3.8, 4) is 22.8 Å². The lowest BCUT2D eigenvalue weighted by Gasteiger charge is -2.12. The molecule has 36 heavy (non-hydrogen) atoms. The molecule has 8 heteroatoms. The van der Waals surface area contributed by atoms with E-state index in [9.17, 15) is 9.59 Å². The molecule has 0 aliphatic rings. The number of hydrogen-bond donors (Lipinski definition) is 2. The van der Waals surface area contributed by atoms with Gasteiger partial charge in [-0.1, -0.05) is 29.8 Å². The summed E-state index contributed by atoms with van der Waals surface area (Å²) in [6, 6.07) is 21.8. The quantitative estimate of drug-likeness (QED) is 0.348. The van der Waals surface area contributed by atoms with Gasteiger partial charge in [-0.15, -0.1) is 0 Å². The molecule has 0 aliphatic carbocycles. The Labute approximate surface area is 207 Å². The summed E-state index contributed by atoms with van der Waals surface area (Å²) in [5.41, 5.74) is 4.18. The highest BCUT2D eigenvalue weighted by atomic mass is 16.5. The Kier molecular flexibility index (Phi) is 6.23. The first-order valence-corrected chi connectivity index (χ1v) is 11.4. The number of benzene rings is 2. The van der Waals surface area contributed by atoms with Crippen LogP contribution < -0.4 is 20.3 Å². The lowest BCUT2D eigenvalue weighted by Crippen LogP contribution is -2.23. The van der Waals surface area contributed by atoms with Gasteiger partial charge in [-0.3, -0.25) is 9.59 Å². The molecule has 0 saturated carbocycles. The summed E-state index contributed by atoms with van der Waals surface area (Å²) >= 11 is 0. The number of methoxy groups -OCH3 is 1. The van der Waals surface area contributed by atoms with Crippen molar-refractivity contribution in [2.24, 2.45) is 0 Å². The zero-order valence-corrected chi connectivity index (χ0v) is 19.8. The summed E-state index contributed by atoms with van der Waals surface area (Å²) < 4.78 is 13.3. The maximum absolute atomic E-state index is 12.9. The second-order valence-electron chi connectivity index (χ2n) is 8.29. The highest BCUT2D eigenvalue weighted by Crippen LogP contribution is 2.31. The standard InChI is InChI=1S/C28H24N4O4/c1-18-6-5-7-19(14-18)23-11-10-22(28(34)31-23)27(33)30-20-9-12-24(35-2)25(15-20)36-17-21-16-32-13-4-3-8-26(32)29-21/h3-16H,17H2,1-2H3,(H,30,33)(H,31,34). The highest BCUT2D eigenvalue weighted by Gasteiger charge is 2.14. The van der Waals surface area contributed by atoms with Crippen LogP contribution >= 0.6 is 0 Å². The van der Waals surface area contributed by atoms with Crippen molar-refractivity contribution in [1.29, 1.82) is 0 Å². The van der Waals surface area contributed by atoms with E-state index < -0.39 is 11.5 Å². The molecule has 0 unspecified atom stereocenters. The maximum Gasteiger partial charge on any atom is 0.261 e. The van der Waals surface area contributed by atoms with Crippen molar-refractivity contribution in [2.45, 2.75) is 13.5 Å². The first-order valence-electron chi connectivity index (χ1n) is 11.4. The van der Waals surface area contributed by atoms with Crippen LogP contribution in [0.25, 0.3) is 16.9 Å². The van der Waals surface area contributed by atoms with E-state index in [-0.39, 0.29) is 12.2 Å². The molecular weight excluding hydrogens is 456 g/mol. The maximum atomic E-state index is 12.9. The van der Waals surface area contributed by atoms with Crippen LogP contribution in [0, 0.1) is 6.92 Å². The van der Waals surface area contributed by atoms with Gasteiger partial charge in [-0.2, -0.15) is 0 Å². The first kappa shape index (κ1) is 22.9. The summed E-state index contributed by atoms with van der Waals surface area (Å²) in [5, 5.41) is 2.76. The smallest absolute Gasteiger partial charge is 0.261 e. The molecule has 5 rings (SSSR count). The molecule has 2 aromatic carbocycles. The predicted molar refractivity (Wildman–Crippen MR) is 138 cm³/mol. The first-order chi connectivity index (χ1) is 17.5. The number of carbonyl (C=O) groups is 1. The average molecular weight is 481 g/mol. The Hall–Kier alpha value is -4.85. The van der Waals surface area contributed by atoms with Gasteiger partial charge < -0.3 is 24.2 Å². The van der Waals surface area contributed by atoms with Gasteiger partial charge in [0.1, 0.15) is 17.8 Å². The monoisotopic (exact) mass is 480 g/mol. The largest absolute Gasteiger partial charge is 0.493 e. The Morgan fingerprint density at radius 3 is 2.69 bits per heavy atom. The zero-order valence-electron chi connectivity index (χ0n) is 19.8. The minimum atomic E-state index is -0.525. The number of rotatable bonds is 7. The van der Waals surface area contributed by atoms with E-state index in [2.05, 4.69) is 15.3 Å². The van der Waals surface area contributed by atoms with Crippen LogP contribution in [0.4, 0.5) is 5.69 Å². The summed E-state index contributed by atoms with van der Waals surface area (Å²) in [7, 11) is 1.54. The van der Waals surface area contributed by atoms with E-state index in [4.69, 9.17) is 9.47 Å². The van der Waals surface area contributed by atoms with Crippen molar-refractivity contribution < 1.29 is 14.3 Å². The van der Waals surface area contributed by atoms with Crippen LogP contribution in [-0.2, 0) is 6.61 Å². The van der Waals surface area contributed by atoms with Crippen LogP contribution in [0.5, 0.6) is 11.5 Å². The minimum Gasteiger partial charge on any atom is -0.493 e. The van der Waals surface area contributed by atoms with E-state index in [1.807, 2.05) is 66.2 Å². The van der Waals surface area contributed by atoms with Crippen LogP contribution in [0.15, 0.2) is 90.0 Å². The molecule has 0 bridgehead atoms. The van der Waals surface area contributed by atoms with Crippen molar-refractivity contribution >= 4 is 17.2 Å². The minimum absolute atomic E-state index is 0.00869. The molecule has 1 amide bonds. The third kappa shape index (κ3) is 4.83. The lowest BCUT2D eigenvalue weighted by molar-refractivity contribution is 0.102. The number of fused-ring (bicyclic) bond motifs is 1. The molecule has 0 saturated heterocycles. The van der Waals surface area contributed by atoms with Crippen LogP contribution in [0.2, 0.25) is 0 Å². The van der Waals surface area contributed by atoms with Crippen molar-refractivity contribution in [2.75, 3.05) is 12.4 Å². The topological polar surface area (TPSA) is 97.7 Å². The Balaban J connectivity index is 1.32. The second kappa shape index (κ2) is 9.79. The number of amides is 1. The van der Waals surface area contributed by atoms with E-state index in [1.165, 1.54) is 6.07 Å². The normalized spacial score (nSPS) is 10.8. The van der Waals surface area contributed by atoms with Gasteiger partial charge in [0.25, 0.3) is 11.5 Å². The number of nitrogens with zero attached hydrogens (tertiary/aromatic N) is 2. The number of ether oxygens (including phenoxy) is 2. The van der Waals surface area contributed by atoms with Gasteiger partial charge in [-0.05, 0) is 55.0 Å². The van der Waals surface area contributed by atoms with Gasteiger partial charge >= 0.3 is 0 Å². The molecule has 0 fully saturated rings. The summed E-state index contributed by atoms with van der Waals surface area (Å²) in [6.07, 6.45) is 3.80. The van der Waals surface area contributed by atoms with Crippen LogP contribution in [-0.4, -0.2) is 27.4 Å². The molecule has 3 heterocycles. The lowest BCUT2D eigenvalue weighted by atomic mass is 10.1. The van der Waals surface area contributed by atoms with Crippen molar-refractivity contribution in [3.63, 3.8) is 0 Å². The second-order valence-corrected chi connectivity index (χ2v) is 8.29. The predicted octanol–water partition coefficient (Wildman–Crippen LogP) is 4.84. The third-order valence-corrected chi connectivity index (χ3v) is 5.69.